The molecular weight excluding hydrogens is 334 g/mol. The summed E-state index contributed by atoms with van der Waals surface area (Å²) in [5.74, 6) is -0.00800. The molecule has 3 N–H and O–H groups in total. The van der Waals surface area contributed by atoms with Gasteiger partial charge in [-0.1, -0.05) is 0 Å². The molecule has 1 saturated heterocycles. The number of halogens is 1. The molecule has 19 heavy (non-hydrogen) atoms. The van der Waals surface area contributed by atoms with E-state index in [0.29, 0.717) is 30.5 Å². The van der Waals surface area contributed by atoms with Gasteiger partial charge in [0.25, 0.3) is 0 Å². The summed E-state index contributed by atoms with van der Waals surface area (Å²) in [6, 6.07) is 1.45. The van der Waals surface area contributed by atoms with Crippen molar-refractivity contribution in [3.8, 4) is 0 Å². The van der Waals surface area contributed by atoms with Crippen LogP contribution in [0.25, 0.3) is 0 Å². The first kappa shape index (κ1) is 14.7. The quantitative estimate of drug-likeness (QED) is 0.856. The number of ether oxygens (including phenoxy) is 1. The van der Waals surface area contributed by atoms with Crippen molar-refractivity contribution in [3.05, 3.63) is 16.7 Å². The summed E-state index contributed by atoms with van der Waals surface area (Å²) in [4.78, 5) is 3.84. The molecule has 0 unspecified atom stereocenters. The monoisotopic (exact) mass is 349 g/mol. The Labute approximate surface area is 120 Å². The molecule has 0 atom stereocenters. The number of rotatable bonds is 3. The van der Waals surface area contributed by atoms with Crippen LogP contribution in [0.3, 0.4) is 0 Å². The van der Waals surface area contributed by atoms with Gasteiger partial charge >= 0.3 is 0 Å². The molecule has 8 heteroatoms. The molecule has 106 valence electrons. The molecule has 0 saturated carbocycles. The van der Waals surface area contributed by atoms with Gasteiger partial charge in [0.05, 0.1) is 0 Å². The minimum Gasteiger partial charge on any atom is -0.383 e. The number of nitrogens with zero attached hydrogens (tertiary/aromatic N) is 1. The molecule has 0 aliphatic carbocycles. The maximum atomic E-state index is 12.4. The van der Waals surface area contributed by atoms with Crippen LogP contribution in [0.1, 0.15) is 19.8 Å². The highest BCUT2D eigenvalue weighted by molar-refractivity contribution is 9.10. The molecule has 1 aromatic heterocycles. The first-order chi connectivity index (χ1) is 8.82. The maximum Gasteiger partial charge on any atom is 0.244 e. The van der Waals surface area contributed by atoms with E-state index in [1.807, 2.05) is 6.92 Å². The van der Waals surface area contributed by atoms with Crippen LogP contribution >= 0.6 is 15.9 Å². The highest BCUT2D eigenvalue weighted by atomic mass is 79.9. The number of aromatic nitrogens is 1. The first-order valence-electron chi connectivity index (χ1n) is 5.85. The number of nitrogen functional groups attached to an aromatic ring is 1. The van der Waals surface area contributed by atoms with Gasteiger partial charge in [-0.15, -0.1) is 0 Å². The second-order valence-corrected chi connectivity index (χ2v) is 7.38. The molecule has 1 fully saturated rings. The van der Waals surface area contributed by atoms with Crippen molar-refractivity contribution in [2.75, 3.05) is 18.9 Å². The Morgan fingerprint density at radius 1 is 1.47 bits per heavy atom. The van der Waals surface area contributed by atoms with Crippen LogP contribution in [0.5, 0.6) is 0 Å². The van der Waals surface area contributed by atoms with Crippen molar-refractivity contribution in [1.29, 1.82) is 0 Å². The van der Waals surface area contributed by atoms with Crippen LogP contribution in [0.4, 0.5) is 5.82 Å². The predicted octanol–water partition coefficient (Wildman–Crippen LogP) is 1.27. The van der Waals surface area contributed by atoms with E-state index in [1.165, 1.54) is 12.3 Å². The third-order valence-electron chi connectivity index (χ3n) is 3.12. The summed E-state index contributed by atoms with van der Waals surface area (Å²) >= 11 is 3.20. The van der Waals surface area contributed by atoms with E-state index in [1.54, 1.807) is 0 Å². The van der Waals surface area contributed by atoms with Crippen molar-refractivity contribution < 1.29 is 13.2 Å². The van der Waals surface area contributed by atoms with Gasteiger partial charge < -0.3 is 10.5 Å². The van der Waals surface area contributed by atoms with E-state index < -0.39 is 15.6 Å². The molecule has 0 amide bonds. The molecule has 0 radical (unpaired) electrons. The Morgan fingerprint density at radius 3 is 2.74 bits per heavy atom. The van der Waals surface area contributed by atoms with E-state index in [0.717, 1.165) is 0 Å². The minimum atomic E-state index is -3.69. The highest BCUT2D eigenvalue weighted by Crippen LogP contribution is 2.26. The molecule has 0 aromatic carbocycles. The van der Waals surface area contributed by atoms with Gasteiger partial charge in [0.1, 0.15) is 10.7 Å². The molecule has 1 aromatic rings. The lowest BCUT2D eigenvalue weighted by Gasteiger charge is -2.34. The average Bonchev–Trinajstić information content (AvgIpc) is 2.31. The minimum absolute atomic E-state index is 0.00501. The second-order valence-electron chi connectivity index (χ2n) is 4.82. The van der Waals surface area contributed by atoms with Crippen molar-refractivity contribution in [2.45, 2.75) is 30.2 Å². The fraction of sp³-hybridized carbons (Fsp3) is 0.545. The lowest BCUT2D eigenvalue weighted by Crippen LogP contribution is -2.49. The predicted molar refractivity (Wildman–Crippen MR) is 75.1 cm³/mol. The number of nitrogens with two attached hydrogens (primary N) is 1. The Balaban J connectivity index is 2.29. The fourth-order valence-electron chi connectivity index (χ4n) is 1.95. The van der Waals surface area contributed by atoms with E-state index in [2.05, 4.69) is 25.6 Å². The summed E-state index contributed by atoms with van der Waals surface area (Å²) in [7, 11) is -3.69. The van der Waals surface area contributed by atoms with Gasteiger partial charge in [0.15, 0.2) is 0 Å². The number of hydrogen-bond acceptors (Lipinski definition) is 5. The third-order valence-corrected chi connectivity index (χ3v) is 5.22. The molecule has 0 spiro atoms. The zero-order chi connectivity index (χ0) is 14.1. The highest BCUT2D eigenvalue weighted by Gasteiger charge is 2.33. The van der Waals surface area contributed by atoms with E-state index in [9.17, 15) is 8.42 Å². The van der Waals surface area contributed by atoms with Gasteiger partial charge in [-0.05, 0) is 41.8 Å². The Kier molecular flexibility index (Phi) is 4.14. The number of sulfonamides is 1. The number of nitrogens with one attached hydrogen (secondary N) is 1. The van der Waals surface area contributed by atoms with E-state index in [-0.39, 0.29) is 10.7 Å². The van der Waals surface area contributed by atoms with Gasteiger partial charge in [-0.25, -0.2) is 18.1 Å². The zero-order valence-corrected chi connectivity index (χ0v) is 12.9. The smallest absolute Gasteiger partial charge is 0.244 e. The molecule has 2 rings (SSSR count). The van der Waals surface area contributed by atoms with Crippen LogP contribution < -0.4 is 10.5 Å². The standard InChI is InChI=1S/C11H16BrN3O3S/c1-11(2-4-18-5-3-11)15-19(16,17)9-6-8(12)7-14-10(9)13/h6-7,15H,2-5H2,1H3,(H2,13,14). The zero-order valence-electron chi connectivity index (χ0n) is 10.5. The van der Waals surface area contributed by atoms with Crippen LogP contribution in [0, 0.1) is 0 Å². The topological polar surface area (TPSA) is 94.3 Å². The van der Waals surface area contributed by atoms with Crippen molar-refractivity contribution in [3.63, 3.8) is 0 Å². The molecule has 2 heterocycles. The summed E-state index contributed by atoms with van der Waals surface area (Å²) in [5.41, 5.74) is 5.14. The van der Waals surface area contributed by atoms with Crippen LogP contribution in [0.15, 0.2) is 21.6 Å². The normalized spacial score (nSPS) is 19.3. The molecule has 0 bridgehead atoms. The summed E-state index contributed by atoms with van der Waals surface area (Å²) in [5, 5.41) is 0. The molecular formula is C11H16BrN3O3S. The second kappa shape index (κ2) is 5.35. The Bertz CT molecular complexity index is 571. The van der Waals surface area contributed by atoms with Crippen LogP contribution in [-0.2, 0) is 14.8 Å². The summed E-state index contributed by atoms with van der Waals surface area (Å²) in [6.07, 6.45) is 2.73. The average molecular weight is 350 g/mol. The molecule has 6 nitrogen and oxygen atoms in total. The van der Waals surface area contributed by atoms with Gasteiger partial charge in [-0.2, -0.15) is 0 Å². The van der Waals surface area contributed by atoms with E-state index >= 15 is 0 Å². The summed E-state index contributed by atoms with van der Waals surface area (Å²) < 4.78 is 33.3. The molecule has 1 aliphatic rings. The van der Waals surface area contributed by atoms with E-state index in [4.69, 9.17) is 10.5 Å². The Hall–Kier alpha value is -0.700. The number of anilines is 1. The van der Waals surface area contributed by atoms with Crippen molar-refractivity contribution >= 4 is 31.8 Å². The van der Waals surface area contributed by atoms with Gasteiger partial charge in [0, 0.05) is 29.4 Å². The maximum absolute atomic E-state index is 12.4. The van der Waals surface area contributed by atoms with Gasteiger partial charge in [-0.3, -0.25) is 0 Å². The Morgan fingerprint density at radius 2 is 2.11 bits per heavy atom. The van der Waals surface area contributed by atoms with Crippen molar-refractivity contribution in [1.82, 2.24) is 9.71 Å². The van der Waals surface area contributed by atoms with Crippen molar-refractivity contribution in [2.24, 2.45) is 0 Å². The SMILES string of the molecule is CC1(NS(=O)(=O)c2cc(Br)cnc2N)CCOCC1. The fourth-order valence-corrected chi connectivity index (χ4v) is 4.01. The lowest BCUT2D eigenvalue weighted by atomic mass is 9.94. The lowest BCUT2D eigenvalue weighted by molar-refractivity contribution is 0.0537. The third kappa shape index (κ3) is 3.44. The molecule has 1 aliphatic heterocycles. The number of hydrogen-bond donors (Lipinski definition) is 2. The summed E-state index contributed by atoms with van der Waals surface area (Å²) in [6.45, 7) is 2.96. The first-order valence-corrected chi connectivity index (χ1v) is 8.13. The number of pyridine rings is 1. The van der Waals surface area contributed by atoms with Crippen LogP contribution in [-0.4, -0.2) is 32.2 Å². The van der Waals surface area contributed by atoms with Crippen LogP contribution in [0.2, 0.25) is 0 Å². The largest absolute Gasteiger partial charge is 0.383 e. The van der Waals surface area contributed by atoms with Gasteiger partial charge in [0.2, 0.25) is 10.0 Å².